The summed E-state index contributed by atoms with van der Waals surface area (Å²) in [5, 5.41) is 16.1. The number of nitrogens with one attached hydrogen (secondary N) is 1. The summed E-state index contributed by atoms with van der Waals surface area (Å²) < 4.78 is 0.986. The summed E-state index contributed by atoms with van der Waals surface area (Å²) in [6, 6.07) is 17.8. The molecule has 0 bridgehead atoms. The predicted molar refractivity (Wildman–Crippen MR) is 102 cm³/mol. The Morgan fingerprint density at radius 1 is 1.17 bits per heavy atom. The highest BCUT2D eigenvalue weighted by atomic mass is 79.9. The molecular formula is C18H13BrN4S. The molecule has 0 fully saturated rings. The molecule has 1 N–H and O–H groups in total. The zero-order valence-corrected chi connectivity index (χ0v) is 15.2. The normalized spacial score (nSPS) is 11.1. The van der Waals surface area contributed by atoms with Crippen molar-refractivity contribution < 1.29 is 0 Å². The number of hydrazone groups is 1. The predicted octanol–water partition coefficient (Wildman–Crippen LogP) is 5.22. The Hall–Kier alpha value is -2.49. The third-order valence-electron chi connectivity index (χ3n) is 3.30. The third-order valence-corrected chi connectivity index (χ3v) is 4.68. The van der Waals surface area contributed by atoms with Crippen LogP contribution in [-0.2, 0) is 0 Å². The van der Waals surface area contributed by atoms with Crippen molar-refractivity contribution in [3.05, 3.63) is 69.0 Å². The molecule has 3 aromatic rings. The number of aromatic nitrogens is 1. The molecule has 0 aliphatic heterocycles. The Labute approximate surface area is 152 Å². The van der Waals surface area contributed by atoms with Gasteiger partial charge < -0.3 is 0 Å². The van der Waals surface area contributed by atoms with E-state index in [0.717, 1.165) is 21.4 Å². The van der Waals surface area contributed by atoms with E-state index >= 15 is 0 Å². The van der Waals surface area contributed by atoms with E-state index in [2.05, 4.69) is 37.5 Å². The summed E-state index contributed by atoms with van der Waals surface area (Å²) in [6.07, 6.45) is 0. The van der Waals surface area contributed by atoms with Gasteiger partial charge in [-0.1, -0.05) is 45.8 Å². The highest BCUT2D eigenvalue weighted by molar-refractivity contribution is 9.10. The molecule has 0 atom stereocenters. The molecule has 0 saturated heterocycles. The lowest BCUT2D eigenvalue weighted by Gasteiger charge is -2.00. The van der Waals surface area contributed by atoms with Crippen LogP contribution in [0.1, 0.15) is 10.6 Å². The summed E-state index contributed by atoms with van der Waals surface area (Å²) in [7, 11) is 0. The van der Waals surface area contributed by atoms with Gasteiger partial charge in [0.25, 0.3) is 0 Å². The standard InChI is InChI=1S/C18H13BrN4S/c1-12-2-4-13(5-3-12)17-11-24-18(21-17)16(10-20)23-22-15-8-6-14(19)7-9-15/h2-9,11,22H,1H3/b23-16+. The lowest BCUT2D eigenvalue weighted by molar-refractivity contribution is 1.31. The molecule has 1 aromatic heterocycles. The first-order valence-corrected chi connectivity index (χ1v) is 8.85. The van der Waals surface area contributed by atoms with E-state index in [-0.39, 0.29) is 5.71 Å². The molecule has 1 heterocycles. The molecule has 118 valence electrons. The maximum Gasteiger partial charge on any atom is 0.196 e. The summed E-state index contributed by atoms with van der Waals surface area (Å²) in [5.74, 6) is 0. The van der Waals surface area contributed by atoms with Gasteiger partial charge in [-0.15, -0.1) is 11.3 Å². The van der Waals surface area contributed by atoms with Gasteiger partial charge in [0.15, 0.2) is 10.7 Å². The molecular weight excluding hydrogens is 384 g/mol. The van der Waals surface area contributed by atoms with Crippen LogP contribution in [-0.4, -0.2) is 10.7 Å². The van der Waals surface area contributed by atoms with Crippen LogP contribution < -0.4 is 5.43 Å². The second kappa shape index (κ2) is 7.39. The largest absolute Gasteiger partial charge is 0.277 e. The zero-order valence-electron chi connectivity index (χ0n) is 12.8. The maximum absolute atomic E-state index is 9.36. The van der Waals surface area contributed by atoms with Crippen molar-refractivity contribution in [2.45, 2.75) is 6.92 Å². The first-order chi connectivity index (χ1) is 11.7. The number of hydrogen-bond acceptors (Lipinski definition) is 5. The molecule has 0 radical (unpaired) electrons. The number of halogens is 1. The highest BCUT2D eigenvalue weighted by Crippen LogP contribution is 2.23. The molecule has 24 heavy (non-hydrogen) atoms. The van der Waals surface area contributed by atoms with Crippen molar-refractivity contribution >= 4 is 38.7 Å². The maximum atomic E-state index is 9.36. The lowest BCUT2D eigenvalue weighted by Crippen LogP contribution is -2.01. The van der Waals surface area contributed by atoms with Crippen LogP contribution in [0.4, 0.5) is 5.69 Å². The van der Waals surface area contributed by atoms with Gasteiger partial charge in [0.05, 0.1) is 11.4 Å². The van der Waals surface area contributed by atoms with Gasteiger partial charge in [-0.3, -0.25) is 5.43 Å². The van der Waals surface area contributed by atoms with Gasteiger partial charge in [0, 0.05) is 15.4 Å². The van der Waals surface area contributed by atoms with E-state index in [9.17, 15) is 5.26 Å². The summed E-state index contributed by atoms with van der Waals surface area (Å²) in [4.78, 5) is 4.53. The Morgan fingerprint density at radius 3 is 2.54 bits per heavy atom. The molecule has 0 saturated carbocycles. The first kappa shape index (κ1) is 16.4. The fraction of sp³-hybridized carbons (Fsp3) is 0.0556. The van der Waals surface area contributed by atoms with Crippen LogP contribution in [0, 0.1) is 18.3 Å². The van der Waals surface area contributed by atoms with E-state index in [1.807, 2.05) is 60.8 Å². The van der Waals surface area contributed by atoms with Gasteiger partial charge in [-0.05, 0) is 31.2 Å². The smallest absolute Gasteiger partial charge is 0.196 e. The minimum atomic E-state index is 0.265. The summed E-state index contributed by atoms with van der Waals surface area (Å²) in [6.45, 7) is 2.05. The molecule has 0 aliphatic carbocycles. The van der Waals surface area contributed by atoms with Crippen LogP contribution in [0.3, 0.4) is 0 Å². The number of benzene rings is 2. The second-order valence-electron chi connectivity index (χ2n) is 5.09. The number of hydrogen-bond donors (Lipinski definition) is 1. The van der Waals surface area contributed by atoms with Crippen LogP contribution in [0.25, 0.3) is 11.3 Å². The molecule has 0 spiro atoms. The van der Waals surface area contributed by atoms with Crippen LogP contribution in [0.2, 0.25) is 0 Å². The van der Waals surface area contributed by atoms with Crippen LogP contribution >= 0.6 is 27.3 Å². The molecule has 3 rings (SSSR count). The third kappa shape index (κ3) is 3.88. The van der Waals surface area contributed by atoms with Gasteiger partial charge in [0.2, 0.25) is 0 Å². The van der Waals surface area contributed by atoms with Crippen molar-refractivity contribution in [2.75, 3.05) is 5.43 Å². The molecule has 4 nitrogen and oxygen atoms in total. The van der Waals surface area contributed by atoms with Gasteiger partial charge in [-0.25, -0.2) is 4.98 Å². The zero-order chi connectivity index (χ0) is 16.9. The Balaban J connectivity index is 1.81. The van der Waals surface area contributed by atoms with Crippen molar-refractivity contribution in [3.8, 4) is 17.3 Å². The quantitative estimate of drug-likeness (QED) is 0.485. The molecule has 6 heteroatoms. The number of nitriles is 1. The number of aryl methyl sites for hydroxylation is 1. The van der Waals surface area contributed by atoms with Crippen LogP contribution in [0.5, 0.6) is 0 Å². The van der Waals surface area contributed by atoms with Gasteiger partial charge >= 0.3 is 0 Å². The fourth-order valence-electron chi connectivity index (χ4n) is 2.00. The minimum absolute atomic E-state index is 0.265. The van der Waals surface area contributed by atoms with E-state index in [4.69, 9.17) is 0 Å². The molecule has 0 unspecified atom stereocenters. The molecule has 0 amide bonds. The second-order valence-corrected chi connectivity index (χ2v) is 6.87. The average molecular weight is 397 g/mol. The Bertz CT molecular complexity index is 905. The number of rotatable bonds is 4. The van der Waals surface area contributed by atoms with Gasteiger partial charge in [-0.2, -0.15) is 10.4 Å². The Morgan fingerprint density at radius 2 is 1.88 bits per heavy atom. The van der Waals surface area contributed by atoms with E-state index in [1.54, 1.807) is 0 Å². The minimum Gasteiger partial charge on any atom is -0.277 e. The van der Waals surface area contributed by atoms with Crippen LogP contribution in [0.15, 0.2) is 63.5 Å². The van der Waals surface area contributed by atoms with E-state index < -0.39 is 0 Å². The van der Waals surface area contributed by atoms with Crippen molar-refractivity contribution in [1.82, 2.24) is 4.98 Å². The molecule has 2 aromatic carbocycles. The molecule has 0 aliphatic rings. The number of anilines is 1. The average Bonchev–Trinajstić information content (AvgIpc) is 3.08. The number of nitrogens with zero attached hydrogens (tertiary/aromatic N) is 3. The summed E-state index contributed by atoms with van der Waals surface area (Å²) >= 11 is 4.79. The Kier molecular flexibility index (Phi) is 5.04. The fourth-order valence-corrected chi connectivity index (χ4v) is 3.04. The topological polar surface area (TPSA) is 61.1 Å². The summed E-state index contributed by atoms with van der Waals surface area (Å²) in [5.41, 5.74) is 7.04. The van der Waals surface area contributed by atoms with Crippen molar-refractivity contribution in [3.63, 3.8) is 0 Å². The van der Waals surface area contributed by atoms with Crippen molar-refractivity contribution in [1.29, 1.82) is 5.26 Å². The monoisotopic (exact) mass is 396 g/mol. The van der Waals surface area contributed by atoms with E-state index in [0.29, 0.717) is 5.01 Å². The first-order valence-electron chi connectivity index (χ1n) is 7.18. The van der Waals surface area contributed by atoms with Gasteiger partial charge in [0.1, 0.15) is 6.07 Å². The SMILES string of the molecule is Cc1ccc(-c2csc(/C(C#N)=N/Nc3ccc(Br)cc3)n2)cc1. The highest BCUT2D eigenvalue weighted by Gasteiger charge is 2.10. The van der Waals surface area contributed by atoms with E-state index in [1.165, 1.54) is 16.9 Å². The lowest BCUT2D eigenvalue weighted by atomic mass is 10.1. The number of thiazole rings is 1. The van der Waals surface area contributed by atoms with Crippen molar-refractivity contribution in [2.24, 2.45) is 5.10 Å².